The molecule has 0 radical (unpaired) electrons. The van der Waals surface area contributed by atoms with Crippen molar-refractivity contribution in [2.75, 3.05) is 7.05 Å². The van der Waals surface area contributed by atoms with Gasteiger partial charge in [0, 0.05) is 6.04 Å². The van der Waals surface area contributed by atoms with E-state index >= 15 is 0 Å². The van der Waals surface area contributed by atoms with Gasteiger partial charge in [0.05, 0.1) is 0 Å². The molecule has 1 N–H and O–H groups in total. The van der Waals surface area contributed by atoms with Crippen molar-refractivity contribution in [1.29, 1.82) is 0 Å². The number of rotatable bonds is 7. The van der Waals surface area contributed by atoms with Crippen LogP contribution in [-0.2, 0) is 0 Å². The molecule has 3 unspecified atom stereocenters. The minimum Gasteiger partial charge on any atom is -0.317 e. The highest BCUT2D eigenvalue weighted by atomic mass is 14.9. The van der Waals surface area contributed by atoms with Crippen LogP contribution in [0.15, 0.2) is 30.3 Å². The highest BCUT2D eigenvalue weighted by molar-refractivity contribution is 5.26. The lowest BCUT2D eigenvalue weighted by atomic mass is 9.98. The summed E-state index contributed by atoms with van der Waals surface area (Å²) in [5.74, 6) is 2.51. The van der Waals surface area contributed by atoms with Gasteiger partial charge in [0.1, 0.15) is 0 Å². The van der Waals surface area contributed by atoms with Crippen LogP contribution in [0.3, 0.4) is 0 Å². The summed E-state index contributed by atoms with van der Waals surface area (Å²) >= 11 is 0. The Hall–Kier alpha value is -0.820. The van der Waals surface area contributed by atoms with Crippen LogP contribution in [0.5, 0.6) is 0 Å². The maximum Gasteiger partial charge on any atom is 0.00983 e. The summed E-state index contributed by atoms with van der Waals surface area (Å²) in [5.41, 5.74) is 1.53. The molecule has 0 aromatic heterocycles. The third-order valence-electron chi connectivity index (χ3n) is 4.25. The zero-order chi connectivity index (χ0) is 13.0. The summed E-state index contributed by atoms with van der Waals surface area (Å²) in [5, 5.41) is 3.54. The summed E-state index contributed by atoms with van der Waals surface area (Å²) in [4.78, 5) is 0. The second-order valence-electron chi connectivity index (χ2n) is 6.14. The van der Waals surface area contributed by atoms with E-state index < -0.39 is 0 Å². The molecule has 1 aliphatic carbocycles. The molecule has 1 saturated carbocycles. The van der Waals surface area contributed by atoms with Crippen LogP contribution in [0.4, 0.5) is 0 Å². The number of nitrogens with one attached hydrogen (secondary N) is 1. The van der Waals surface area contributed by atoms with Crippen molar-refractivity contribution in [3.63, 3.8) is 0 Å². The fourth-order valence-electron chi connectivity index (χ4n) is 3.06. The smallest absolute Gasteiger partial charge is 0.00983 e. The number of hydrogen-bond acceptors (Lipinski definition) is 1. The minimum atomic E-state index is 0.717. The van der Waals surface area contributed by atoms with Gasteiger partial charge >= 0.3 is 0 Å². The predicted octanol–water partition coefficient (Wildman–Crippen LogP) is 4.20. The van der Waals surface area contributed by atoms with Gasteiger partial charge in [0.25, 0.3) is 0 Å². The minimum absolute atomic E-state index is 0.717. The molecule has 0 bridgehead atoms. The Morgan fingerprint density at radius 3 is 2.50 bits per heavy atom. The van der Waals surface area contributed by atoms with Crippen LogP contribution in [0.25, 0.3) is 0 Å². The van der Waals surface area contributed by atoms with Crippen LogP contribution in [0.1, 0.15) is 51.0 Å². The average molecular weight is 245 g/mol. The van der Waals surface area contributed by atoms with E-state index in [2.05, 4.69) is 56.5 Å². The number of benzene rings is 1. The van der Waals surface area contributed by atoms with Crippen molar-refractivity contribution < 1.29 is 0 Å². The molecule has 1 nitrogen and oxygen atoms in total. The molecule has 1 heteroatoms. The molecule has 1 fully saturated rings. The van der Waals surface area contributed by atoms with E-state index in [0.717, 1.165) is 17.8 Å². The van der Waals surface area contributed by atoms with Crippen molar-refractivity contribution in [2.24, 2.45) is 11.8 Å². The molecule has 18 heavy (non-hydrogen) atoms. The van der Waals surface area contributed by atoms with Crippen LogP contribution in [0, 0.1) is 11.8 Å². The summed E-state index contributed by atoms with van der Waals surface area (Å²) in [6.45, 7) is 4.64. The van der Waals surface area contributed by atoms with E-state index in [0.29, 0.717) is 6.04 Å². The summed E-state index contributed by atoms with van der Waals surface area (Å²) in [6, 6.07) is 11.7. The van der Waals surface area contributed by atoms with Crippen LogP contribution in [0.2, 0.25) is 0 Å². The lowest BCUT2D eigenvalue weighted by Gasteiger charge is -2.17. The monoisotopic (exact) mass is 245 g/mol. The Kier molecular flexibility index (Phi) is 4.82. The van der Waals surface area contributed by atoms with Gasteiger partial charge in [-0.1, -0.05) is 57.0 Å². The van der Waals surface area contributed by atoms with Gasteiger partial charge in [0.2, 0.25) is 0 Å². The third kappa shape index (κ3) is 3.58. The first-order chi connectivity index (χ1) is 8.72. The summed E-state index contributed by atoms with van der Waals surface area (Å²) in [7, 11) is 2.13. The average Bonchev–Trinajstić information content (AvgIpc) is 3.15. The van der Waals surface area contributed by atoms with E-state index in [9.17, 15) is 0 Å². The largest absolute Gasteiger partial charge is 0.317 e. The highest BCUT2D eigenvalue weighted by Crippen LogP contribution is 2.50. The van der Waals surface area contributed by atoms with Crippen LogP contribution >= 0.6 is 0 Å². The van der Waals surface area contributed by atoms with Crippen LogP contribution in [-0.4, -0.2) is 13.1 Å². The predicted molar refractivity (Wildman–Crippen MR) is 78.8 cm³/mol. The Morgan fingerprint density at radius 2 is 1.89 bits per heavy atom. The molecule has 3 atom stereocenters. The van der Waals surface area contributed by atoms with E-state index in [-0.39, 0.29) is 0 Å². The normalized spacial score (nSPS) is 24.2. The Morgan fingerprint density at radius 1 is 1.17 bits per heavy atom. The van der Waals surface area contributed by atoms with Gasteiger partial charge in [-0.3, -0.25) is 0 Å². The SMILES string of the molecule is CNC(CCCC(C)C)C1CC1c1ccccc1. The molecule has 0 saturated heterocycles. The first-order valence-electron chi connectivity index (χ1n) is 7.44. The number of hydrogen-bond donors (Lipinski definition) is 1. The Labute approximate surface area is 112 Å². The summed E-state index contributed by atoms with van der Waals surface area (Å²) < 4.78 is 0. The van der Waals surface area contributed by atoms with Gasteiger partial charge in [0.15, 0.2) is 0 Å². The first-order valence-corrected chi connectivity index (χ1v) is 7.44. The van der Waals surface area contributed by atoms with Crippen molar-refractivity contribution >= 4 is 0 Å². The second kappa shape index (κ2) is 6.38. The Bertz CT molecular complexity index is 344. The Balaban J connectivity index is 1.81. The molecule has 1 aromatic carbocycles. The highest BCUT2D eigenvalue weighted by Gasteiger charge is 2.42. The molecular weight excluding hydrogens is 218 g/mol. The molecule has 0 heterocycles. The lowest BCUT2D eigenvalue weighted by Crippen LogP contribution is -2.28. The van der Waals surface area contributed by atoms with Gasteiger partial charge in [-0.05, 0) is 43.2 Å². The van der Waals surface area contributed by atoms with E-state index in [1.807, 2.05) is 0 Å². The van der Waals surface area contributed by atoms with Crippen molar-refractivity contribution in [3.05, 3.63) is 35.9 Å². The van der Waals surface area contributed by atoms with Gasteiger partial charge < -0.3 is 5.32 Å². The zero-order valence-corrected chi connectivity index (χ0v) is 12.0. The lowest BCUT2D eigenvalue weighted by molar-refractivity contribution is 0.421. The fraction of sp³-hybridized carbons (Fsp3) is 0.647. The first kappa shape index (κ1) is 13.6. The molecule has 0 amide bonds. The molecular formula is C17H27N. The fourth-order valence-corrected chi connectivity index (χ4v) is 3.06. The quantitative estimate of drug-likeness (QED) is 0.759. The third-order valence-corrected chi connectivity index (χ3v) is 4.25. The van der Waals surface area contributed by atoms with Gasteiger partial charge in [-0.15, -0.1) is 0 Å². The summed E-state index contributed by atoms with van der Waals surface area (Å²) in [6.07, 6.45) is 5.43. The molecule has 100 valence electrons. The topological polar surface area (TPSA) is 12.0 Å². The van der Waals surface area contributed by atoms with Crippen LogP contribution < -0.4 is 5.32 Å². The maximum absolute atomic E-state index is 3.54. The maximum atomic E-state index is 3.54. The van der Waals surface area contributed by atoms with Crippen molar-refractivity contribution in [1.82, 2.24) is 5.32 Å². The van der Waals surface area contributed by atoms with E-state index in [1.54, 1.807) is 0 Å². The molecule has 0 aliphatic heterocycles. The molecule has 0 spiro atoms. The zero-order valence-electron chi connectivity index (χ0n) is 12.0. The molecule has 1 aliphatic rings. The molecule has 2 rings (SSSR count). The second-order valence-corrected chi connectivity index (χ2v) is 6.14. The standard InChI is InChI=1S/C17H27N/c1-13(2)8-7-11-17(18-3)16-12-15(16)14-9-5-4-6-10-14/h4-6,9-10,13,15-18H,7-8,11-12H2,1-3H3. The van der Waals surface area contributed by atoms with Gasteiger partial charge in [-0.25, -0.2) is 0 Å². The van der Waals surface area contributed by atoms with E-state index in [1.165, 1.54) is 31.2 Å². The van der Waals surface area contributed by atoms with Crippen molar-refractivity contribution in [3.8, 4) is 0 Å². The van der Waals surface area contributed by atoms with Crippen molar-refractivity contribution in [2.45, 2.75) is 51.5 Å². The molecule has 1 aromatic rings. The van der Waals surface area contributed by atoms with E-state index in [4.69, 9.17) is 0 Å². The van der Waals surface area contributed by atoms with Gasteiger partial charge in [-0.2, -0.15) is 0 Å².